The largest absolute Gasteiger partial charge is 0.299 e. The van der Waals surface area contributed by atoms with E-state index in [2.05, 4.69) is 4.98 Å². The van der Waals surface area contributed by atoms with Crippen LogP contribution in [0.3, 0.4) is 0 Å². The molecule has 1 aliphatic rings. The molecule has 5 rings (SSSR count). The van der Waals surface area contributed by atoms with Gasteiger partial charge < -0.3 is 0 Å². The van der Waals surface area contributed by atoms with Crippen LogP contribution in [0.1, 0.15) is 40.2 Å². The third-order valence-corrected chi connectivity index (χ3v) is 8.29. The van der Waals surface area contributed by atoms with Crippen molar-refractivity contribution in [3.63, 3.8) is 0 Å². The summed E-state index contributed by atoms with van der Waals surface area (Å²) in [6.45, 7) is 0. The van der Waals surface area contributed by atoms with Crippen LogP contribution in [0.4, 0.5) is 4.39 Å². The number of hydrogen-bond donors (Lipinski definition) is 0. The molecule has 2 aromatic heterocycles. The number of nitrogens with zero attached hydrogens (tertiary/aromatic N) is 2. The lowest BCUT2D eigenvalue weighted by Gasteiger charge is -2.45. The maximum Gasteiger partial charge on any atom is 0.241 e. The molecule has 0 radical (unpaired) electrons. The fourth-order valence-corrected chi connectivity index (χ4v) is 6.26. The Morgan fingerprint density at radius 1 is 1.03 bits per heavy atom. The minimum absolute atomic E-state index is 0.00584. The fraction of sp³-hybridized carbons (Fsp3) is 0.111. The molecular weight excluding hydrogens is 519 g/mol. The number of pyridine rings is 1. The molecule has 5 nitrogen and oxygen atoms in total. The van der Waals surface area contributed by atoms with Gasteiger partial charge in [-0.3, -0.25) is 18.7 Å². The van der Waals surface area contributed by atoms with Crippen LogP contribution in [0.2, 0.25) is 5.02 Å². The number of halogens is 2. The zero-order valence-electron chi connectivity index (χ0n) is 18.7. The molecule has 1 amide bonds. The van der Waals surface area contributed by atoms with E-state index in [9.17, 15) is 18.8 Å². The van der Waals surface area contributed by atoms with E-state index < -0.39 is 17.1 Å². The molecule has 1 unspecified atom stereocenters. The van der Waals surface area contributed by atoms with Gasteiger partial charge in [0, 0.05) is 16.9 Å². The maximum absolute atomic E-state index is 13.4. The topological polar surface area (TPSA) is 67.3 Å². The molecule has 0 bridgehead atoms. The maximum atomic E-state index is 13.4. The van der Waals surface area contributed by atoms with Crippen molar-refractivity contribution in [3.8, 4) is 0 Å². The average molecular weight is 537 g/mol. The summed E-state index contributed by atoms with van der Waals surface area (Å²) < 4.78 is 14.9. The smallest absolute Gasteiger partial charge is 0.241 e. The van der Waals surface area contributed by atoms with Gasteiger partial charge >= 0.3 is 0 Å². The molecule has 1 fully saturated rings. The van der Waals surface area contributed by atoms with E-state index in [-0.39, 0.29) is 35.8 Å². The monoisotopic (exact) mass is 536 g/mol. The Bertz CT molecular complexity index is 1460. The minimum atomic E-state index is -1.25. The van der Waals surface area contributed by atoms with Crippen LogP contribution in [0.25, 0.3) is 0 Å². The number of rotatable bonds is 6. The SMILES string of the molecule is O=C1CC(=O)N(Sc2ccccc2Cl)C(c2ccsc2)(c2cccc(C(=O)c3ccc(F)cc3)n2)C1. The highest BCUT2D eigenvalue weighted by Gasteiger charge is 2.51. The summed E-state index contributed by atoms with van der Waals surface area (Å²) in [5.74, 6) is -1.44. The van der Waals surface area contributed by atoms with Gasteiger partial charge in [-0.05, 0) is 82.9 Å². The summed E-state index contributed by atoms with van der Waals surface area (Å²) in [4.78, 5) is 44.8. The Labute approximate surface area is 220 Å². The Morgan fingerprint density at radius 2 is 1.81 bits per heavy atom. The second-order valence-corrected chi connectivity index (χ2v) is 10.4. The zero-order valence-corrected chi connectivity index (χ0v) is 21.1. The number of amides is 1. The Morgan fingerprint density at radius 3 is 2.53 bits per heavy atom. The van der Waals surface area contributed by atoms with E-state index in [4.69, 9.17) is 11.6 Å². The first-order chi connectivity index (χ1) is 17.4. The standard InChI is InChI=1S/C27H18ClFN2O3S2/c28-21-4-1-2-6-23(21)36-31-25(33)14-20(32)15-27(31,18-12-13-35-16-18)24-7-3-5-22(30-24)26(34)17-8-10-19(29)11-9-17/h1-13,16H,14-15H2. The van der Waals surface area contributed by atoms with Crippen molar-refractivity contribution in [2.24, 2.45) is 0 Å². The van der Waals surface area contributed by atoms with Gasteiger partial charge in [-0.1, -0.05) is 29.8 Å². The third kappa shape index (κ3) is 4.48. The quantitative estimate of drug-likeness (QED) is 0.164. The van der Waals surface area contributed by atoms with Crippen molar-refractivity contribution in [1.82, 2.24) is 9.29 Å². The molecule has 0 N–H and O–H groups in total. The van der Waals surface area contributed by atoms with Crippen LogP contribution in [0, 0.1) is 5.82 Å². The highest BCUT2D eigenvalue weighted by molar-refractivity contribution is 7.97. The number of Topliss-reactive ketones (excluding diaryl/α,β-unsaturated/α-hetero) is 1. The van der Waals surface area contributed by atoms with E-state index in [0.29, 0.717) is 21.2 Å². The van der Waals surface area contributed by atoms with Gasteiger partial charge in [0.2, 0.25) is 11.7 Å². The lowest BCUT2D eigenvalue weighted by molar-refractivity contribution is -0.140. The van der Waals surface area contributed by atoms with Crippen molar-refractivity contribution in [3.05, 3.63) is 117 Å². The van der Waals surface area contributed by atoms with E-state index in [1.807, 2.05) is 22.9 Å². The van der Waals surface area contributed by atoms with Crippen LogP contribution in [-0.4, -0.2) is 26.8 Å². The summed E-state index contributed by atoms with van der Waals surface area (Å²) in [6, 6.07) is 19.2. The van der Waals surface area contributed by atoms with Crippen molar-refractivity contribution in [2.75, 3.05) is 0 Å². The van der Waals surface area contributed by atoms with Crippen molar-refractivity contribution in [1.29, 1.82) is 0 Å². The van der Waals surface area contributed by atoms with Gasteiger partial charge in [-0.25, -0.2) is 9.37 Å². The number of carbonyl (C=O) groups excluding carboxylic acids is 3. The van der Waals surface area contributed by atoms with Crippen molar-refractivity contribution >= 4 is 52.4 Å². The van der Waals surface area contributed by atoms with Gasteiger partial charge in [-0.15, -0.1) is 0 Å². The number of thiophene rings is 1. The lowest BCUT2D eigenvalue weighted by atomic mass is 9.79. The molecule has 3 heterocycles. The van der Waals surface area contributed by atoms with Gasteiger partial charge in [-0.2, -0.15) is 11.3 Å². The second-order valence-electron chi connectivity index (χ2n) is 8.22. The van der Waals surface area contributed by atoms with Gasteiger partial charge in [0.05, 0.1) is 17.1 Å². The number of piperidine rings is 1. The van der Waals surface area contributed by atoms with Gasteiger partial charge in [0.15, 0.2) is 0 Å². The highest BCUT2D eigenvalue weighted by Crippen LogP contribution is 2.48. The first-order valence-corrected chi connectivity index (χ1v) is 13.1. The first kappa shape index (κ1) is 24.4. The molecule has 0 aliphatic carbocycles. The Kier molecular flexibility index (Phi) is 6.75. The van der Waals surface area contributed by atoms with Crippen LogP contribution >= 0.6 is 34.9 Å². The van der Waals surface area contributed by atoms with Crippen molar-refractivity contribution < 1.29 is 18.8 Å². The molecule has 0 saturated carbocycles. The second kappa shape index (κ2) is 9.97. The molecule has 0 spiro atoms. The molecule has 2 aromatic carbocycles. The number of benzene rings is 2. The first-order valence-electron chi connectivity index (χ1n) is 11.0. The molecule has 1 saturated heterocycles. The van der Waals surface area contributed by atoms with Gasteiger partial charge in [0.1, 0.15) is 22.8 Å². The summed E-state index contributed by atoms with van der Waals surface area (Å²) in [5, 5.41) is 4.22. The number of ketones is 2. The zero-order chi connectivity index (χ0) is 25.3. The number of hydrogen-bond acceptors (Lipinski definition) is 6. The van der Waals surface area contributed by atoms with Gasteiger partial charge in [0.25, 0.3) is 0 Å². The molecule has 180 valence electrons. The minimum Gasteiger partial charge on any atom is -0.299 e. The van der Waals surface area contributed by atoms with E-state index in [0.717, 1.165) is 11.9 Å². The highest BCUT2D eigenvalue weighted by atomic mass is 35.5. The summed E-state index contributed by atoms with van der Waals surface area (Å²) in [6.07, 6.45) is -0.244. The van der Waals surface area contributed by atoms with E-state index >= 15 is 0 Å². The molecule has 4 aromatic rings. The molecule has 1 atom stereocenters. The normalized spacial score (nSPS) is 17.9. The van der Waals surface area contributed by atoms with Crippen LogP contribution < -0.4 is 0 Å². The van der Waals surface area contributed by atoms with Crippen LogP contribution in [0.5, 0.6) is 0 Å². The molecule has 9 heteroatoms. The summed E-state index contributed by atoms with van der Waals surface area (Å²) in [7, 11) is 0. The van der Waals surface area contributed by atoms with Crippen molar-refractivity contribution in [2.45, 2.75) is 23.3 Å². The lowest BCUT2D eigenvalue weighted by Crippen LogP contribution is -2.52. The van der Waals surface area contributed by atoms with Crippen LogP contribution in [-0.2, 0) is 15.1 Å². The predicted molar refractivity (Wildman–Crippen MR) is 138 cm³/mol. The Balaban J connectivity index is 1.66. The number of carbonyl (C=O) groups is 3. The average Bonchev–Trinajstić information content (AvgIpc) is 3.42. The summed E-state index contributed by atoms with van der Waals surface area (Å²) >= 11 is 9.00. The predicted octanol–water partition coefficient (Wildman–Crippen LogP) is 6.31. The fourth-order valence-electron chi connectivity index (χ4n) is 4.22. The molecule has 1 aliphatic heterocycles. The van der Waals surface area contributed by atoms with Crippen LogP contribution in [0.15, 0.2) is 88.5 Å². The summed E-state index contributed by atoms with van der Waals surface area (Å²) in [5.41, 5.74) is 0.253. The number of aromatic nitrogens is 1. The Hall–Kier alpha value is -3.33. The molecular formula is C27H18ClFN2O3S2. The van der Waals surface area contributed by atoms with E-state index in [1.165, 1.54) is 35.6 Å². The van der Waals surface area contributed by atoms with E-state index in [1.54, 1.807) is 40.7 Å². The molecule has 36 heavy (non-hydrogen) atoms. The third-order valence-electron chi connectivity index (χ3n) is 5.91.